The molecule has 0 bridgehead atoms. The molecule has 1 aliphatic heterocycles. The monoisotopic (exact) mass is 483 g/mol. The van der Waals surface area contributed by atoms with Gasteiger partial charge in [-0.05, 0) is 55.2 Å². The lowest BCUT2D eigenvalue weighted by atomic mass is 9.99. The average molecular weight is 484 g/mol. The van der Waals surface area contributed by atoms with Crippen LogP contribution in [0.2, 0.25) is 0 Å². The van der Waals surface area contributed by atoms with Crippen molar-refractivity contribution in [2.24, 2.45) is 5.92 Å². The summed E-state index contributed by atoms with van der Waals surface area (Å²) in [5, 5.41) is 4.29. The molecule has 31 heavy (non-hydrogen) atoms. The van der Waals surface area contributed by atoms with E-state index < -0.39 is 0 Å². The Kier molecular flexibility index (Phi) is 6.32. The first-order valence-corrected chi connectivity index (χ1v) is 11.2. The van der Waals surface area contributed by atoms with Gasteiger partial charge in [0.05, 0.1) is 25.4 Å². The fourth-order valence-corrected chi connectivity index (χ4v) is 4.09. The number of hydrogen-bond acceptors (Lipinski definition) is 5. The summed E-state index contributed by atoms with van der Waals surface area (Å²) in [6.45, 7) is 3.76. The van der Waals surface area contributed by atoms with E-state index in [-0.39, 0.29) is 5.91 Å². The number of methoxy groups -OCH3 is 2. The summed E-state index contributed by atoms with van der Waals surface area (Å²) in [6.07, 6.45) is 2.04. The number of fused-ring (bicyclic) bond motifs is 1. The Balaban J connectivity index is 1.79. The first-order chi connectivity index (χ1) is 15.0. The maximum absolute atomic E-state index is 13.3. The Morgan fingerprint density at radius 3 is 2.35 bits per heavy atom. The number of anilines is 2. The molecule has 1 fully saturated rings. The zero-order valence-electron chi connectivity index (χ0n) is 17.9. The number of nitrogens with zero attached hydrogens (tertiary/aromatic N) is 2. The van der Waals surface area contributed by atoms with Crippen molar-refractivity contribution >= 4 is 44.1 Å². The Hall–Kier alpha value is -2.80. The van der Waals surface area contributed by atoms with Gasteiger partial charge in [-0.3, -0.25) is 4.79 Å². The van der Waals surface area contributed by atoms with Gasteiger partial charge >= 0.3 is 0 Å². The lowest BCUT2D eigenvalue weighted by Crippen LogP contribution is -2.38. The number of halogens is 1. The van der Waals surface area contributed by atoms with Crippen LogP contribution in [0.3, 0.4) is 0 Å². The summed E-state index contributed by atoms with van der Waals surface area (Å²) in [4.78, 5) is 19.8. The molecular formula is C24H26BrN3O3. The second kappa shape index (κ2) is 9.14. The predicted molar refractivity (Wildman–Crippen MR) is 127 cm³/mol. The van der Waals surface area contributed by atoms with Gasteiger partial charge in [0.1, 0.15) is 5.69 Å². The molecule has 1 aliphatic rings. The predicted octanol–water partition coefficient (Wildman–Crippen LogP) is 5.63. The van der Waals surface area contributed by atoms with E-state index in [1.54, 1.807) is 14.2 Å². The fourth-order valence-electron chi connectivity index (χ4n) is 3.83. The first kappa shape index (κ1) is 21.4. The zero-order valence-corrected chi connectivity index (χ0v) is 19.5. The van der Waals surface area contributed by atoms with Crippen LogP contribution in [0, 0.1) is 5.92 Å². The number of nitrogens with one attached hydrogen (secondary N) is 1. The minimum atomic E-state index is -0.0394. The van der Waals surface area contributed by atoms with Gasteiger partial charge in [-0.25, -0.2) is 4.98 Å². The highest BCUT2D eigenvalue weighted by atomic mass is 79.9. The highest BCUT2D eigenvalue weighted by Crippen LogP contribution is 2.36. The second-order valence-electron chi connectivity index (χ2n) is 7.89. The minimum absolute atomic E-state index is 0.0394. The van der Waals surface area contributed by atoms with E-state index in [1.807, 2.05) is 47.4 Å². The second-order valence-corrected chi connectivity index (χ2v) is 8.80. The van der Waals surface area contributed by atoms with Crippen LogP contribution < -0.4 is 14.8 Å². The highest BCUT2D eigenvalue weighted by Gasteiger charge is 2.24. The number of aromatic nitrogens is 1. The standard InChI is InChI=1S/C24H26BrN3O3/c1-15-8-10-28(11-9-15)24(29)21-13-19(26-17-6-4-16(25)5-7-17)18-12-22(30-2)23(31-3)14-20(18)27-21/h4-7,12-15H,8-11H2,1-3H3,(H,26,27). The van der Waals surface area contributed by atoms with Crippen LogP contribution in [0.15, 0.2) is 46.9 Å². The molecule has 1 saturated heterocycles. The quantitative estimate of drug-likeness (QED) is 0.509. The average Bonchev–Trinajstić information content (AvgIpc) is 2.79. The van der Waals surface area contributed by atoms with Crippen molar-refractivity contribution in [2.45, 2.75) is 19.8 Å². The summed E-state index contributed by atoms with van der Waals surface area (Å²) in [6, 6.07) is 13.4. The third kappa shape index (κ3) is 4.61. The minimum Gasteiger partial charge on any atom is -0.493 e. The van der Waals surface area contributed by atoms with E-state index in [1.165, 1.54) is 0 Å². The van der Waals surface area contributed by atoms with Crippen LogP contribution in [0.4, 0.5) is 11.4 Å². The van der Waals surface area contributed by atoms with E-state index in [2.05, 4.69) is 28.2 Å². The molecule has 1 aromatic heterocycles. The molecule has 0 spiro atoms. The van der Waals surface area contributed by atoms with Gasteiger partial charge in [0.15, 0.2) is 11.5 Å². The number of amides is 1. The Bertz CT molecular complexity index is 1090. The number of pyridine rings is 1. The number of piperidine rings is 1. The van der Waals surface area contributed by atoms with E-state index in [0.29, 0.717) is 28.6 Å². The maximum atomic E-state index is 13.3. The largest absolute Gasteiger partial charge is 0.493 e. The summed E-state index contributed by atoms with van der Waals surface area (Å²) in [5.74, 6) is 1.80. The third-order valence-corrected chi connectivity index (χ3v) is 6.26. The normalized spacial score (nSPS) is 14.5. The molecule has 0 saturated carbocycles. The summed E-state index contributed by atoms with van der Waals surface area (Å²) >= 11 is 3.47. The van der Waals surface area contributed by atoms with E-state index >= 15 is 0 Å². The summed E-state index contributed by atoms with van der Waals surface area (Å²) in [5.41, 5.74) is 2.81. The molecule has 3 aromatic rings. The highest BCUT2D eigenvalue weighted by molar-refractivity contribution is 9.10. The van der Waals surface area contributed by atoms with Gasteiger partial charge in [0, 0.05) is 34.7 Å². The van der Waals surface area contributed by atoms with Gasteiger partial charge < -0.3 is 19.7 Å². The number of ether oxygens (including phenoxy) is 2. The van der Waals surface area contributed by atoms with Crippen LogP contribution >= 0.6 is 15.9 Å². The maximum Gasteiger partial charge on any atom is 0.272 e. The van der Waals surface area contributed by atoms with E-state index in [9.17, 15) is 4.79 Å². The van der Waals surface area contributed by atoms with Gasteiger partial charge in [-0.15, -0.1) is 0 Å². The molecule has 2 heterocycles. The number of carbonyl (C=O) groups is 1. The molecule has 162 valence electrons. The molecule has 4 rings (SSSR count). The molecule has 1 amide bonds. The molecule has 7 heteroatoms. The van der Waals surface area contributed by atoms with Crippen LogP contribution in [0.25, 0.3) is 10.9 Å². The smallest absolute Gasteiger partial charge is 0.272 e. The van der Waals surface area contributed by atoms with Gasteiger partial charge in [-0.2, -0.15) is 0 Å². The van der Waals surface area contributed by atoms with Crippen molar-refractivity contribution in [1.82, 2.24) is 9.88 Å². The zero-order chi connectivity index (χ0) is 22.0. The van der Waals surface area contributed by atoms with E-state index in [0.717, 1.165) is 47.2 Å². The van der Waals surface area contributed by atoms with Crippen molar-refractivity contribution in [1.29, 1.82) is 0 Å². The third-order valence-electron chi connectivity index (χ3n) is 5.73. The molecule has 0 radical (unpaired) electrons. The van der Waals surface area contributed by atoms with Crippen LogP contribution in [-0.4, -0.2) is 43.1 Å². The SMILES string of the molecule is COc1cc2nc(C(=O)N3CCC(C)CC3)cc(Nc3ccc(Br)cc3)c2cc1OC. The fraction of sp³-hybridized carbons (Fsp3) is 0.333. The summed E-state index contributed by atoms with van der Waals surface area (Å²) < 4.78 is 11.9. The molecule has 6 nitrogen and oxygen atoms in total. The van der Waals surface area contributed by atoms with Crippen LogP contribution in [0.5, 0.6) is 11.5 Å². The lowest BCUT2D eigenvalue weighted by Gasteiger charge is -2.30. The lowest BCUT2D eigenvalue weighted by molar-refractivity contribution is 0.0691. The molecule has 1 N–H and O–H groups in total. The molecule has 0 aliphatic carbocycles. The van der Waals surface area contributed by atoms with Crippen molar-refractivity contribution in [3.05, 3.63) is 52.6 Å². The van der Waals surface area contributed by atoms with E-state index in [4.69, 9.17) is 14.5 Å². The molecular weight excluding hydrogens is 458 g/mol. The topological polar surface area (TPSA) is 63.7 Å². The Morgan fingerprint density at radius 1 is 1.06 bits per heavy atom. The number of rotatable bonds is 5. The van der Waals surface area contributed by atoms with Crippen LogP contribution in [0.1, 0.15) is 30.3 Å². The van der Waals surface area contributed by atoms with Crippen LogP contribution in [-0.2, 0) is 0 Å². The molecule has 0 atom stereocenters. The number of likely N-dealkylation sites (tertiary alicyclic amines) is 1. The molecule has 0 unspecified atom stereocenters. The number of carbonyl (C=O) groups excluding carboxylic acids is 1. The van der Waals surface area contributed by atoms with Crippen molar-refractivity contribution in [2.75, 3.05) is 32.6 Å². The number of hydrogen-bond donors (Lipinski definition) is 1. The van der Waals surface area contributed by atoms with Crippen molar-refractivity contribution in [3.8, 4) is 11.5 Å². The summed E-state index contributed by atoms with van der Waals surface area (Å²) in [7, 11) is 3.20. The van der Waals surface area contributed by atoms with Crippen molar-refractivity contribution in [3.63, 3.8) is 0 Å². The van der Waals surface area contributed by atoms with Gasteiger partial charge in [0.2, 0.25) is 0 Å². The molecule has 2 aromatic carbocycles. The first-order valence-electron chi connectivity index (χ1n) is 10.4. The van der Waals surface area contributed by atoms with Gasteiger partial charge in [0.25, 0.3) is 5.91 Å². The Morgan fingerprint density at radius 2 is 1.71 bits per heavy atom. The Labute approximate surface area is 190 Å². The number of benzene rings is 2. The van der Waals surface area contributed by atoms with Gasteiger partial charge in [-0.1, -0.05) is 22.9 Å². The van der Waals surface area contributed by atoms with Crippen molar-refractivity contribution < 1.29 is 14.3 Å².